The van der Waals surface area contributed by atoms with Gasteiger partial charge in [-0.25, -0.2) is 0 Å². The fourth-order valence-corrected chi connectivity index (χ4v) is 6.44. The highest BCUT2D eigenvalue weighted by atomic mass is 16.3. The lowest BCUT2D eigenvalue weighted by molar-refractivity contribution is 0.668. The van der Waals surface area contributed by atoms with Gasteiger partial charge < -0.3 is 13.6 Å². The van der Waals surface area contributed by atoms with Crippen LogP contribution in [0, 0.1) is 0 Å². The monoisotopic (exact) mass is 675 g/mol. The Morgan fingerprint density at radius 2 is 0.961 bits per heavy atom. The molecule has 3 aromatic heterocycles. The molecule has 0 aliphatic carbocycles. The van der Waals surface area contributed by atoms with Gasteiger partial charge in [0.15, 0.2) is 0 Å². The highest BCUT2D eigenvalue weighted by molar-refractivity contribution is 6.14. The summed E-state index contributed by atoms with van der Waals surface area (Å²) in [6.07, 6.45) is 0. The van der Waals surface area contributed by atoms with Crippen molar-refractivity contribution in [2.75, 3.05) is 0 Å². The highest BCUT2D eigenvalue weighted by Gasteiger charge is 2.20. The van der Waals surface area contributed by atoms with Crippen LogP contribution in [0.15, 0.2) is 186 Å². The van der Waals surface area contributed by atoms with E-state index in [1.807, 2.05) is 0 Å². The van der Waals surface area contributed by atoms with Crippen LogP contribution in [0.4, 0.5) is 0 Å². The molecule has 3 nitrogen and oxygen atoms in total. The van der Waals surface area contributed by atoms with Gasteiger partial charge in [0.1, 0.15) is 11.2 Å². The van der Waals surface area contributed by atoms with Crippen LogP contribution in [0.5, 0.6) is 0 Å². The molecule has 0 saturated carbocycles. The molecular formula is C48H30N2O. The van der Waals surface area contributed by atoms with Gasteiger partial charge in [0, 0.05) is 49.6 Å². The first-order valence-corrected chi connectivity index (χ1v) is 15.4. The van der Waals surface area contributed by atoms with Gasteiger partial charge in [0.2, 0.25) is 0 Å². The van der Waals surface area contributed by atoms with E-state index in [0.717, 1.165) is 4.57 Å². The third-order valence-corrected chi connectivity index (χ3v) is 8.61. The normalized spacial score (nSPS) is 18.8. The summed E-state index contributed by atoms with van der Waals surface area (Å²) < 4.78 is 236. The first-order valence-electron chi connectivity index (χ1n) is 27.9. The quantitative estimate of drug-likeness (QED) is 0.182. The summed E-state index contributed by atoms with van der Waals surface area (Å²) in [7, 11) is 0. The molecule has 0 unspecified atom stereocenters. The maximum absolute atomic E-state index is 10.00. The number of para-hydroxylation sites is 4. The van der Waals surface area contributed by atoms with E-state index in [2.05, 4.69) is 0 Å². The number of fused-ring (bicyclic) bond motifs is 9. The van der Waals surface area contributed by atoms with Crippen LogP contribution in [0.3, 0.4) is 0 Å². The molecule has 0 radical (unpaired) electrons. The lowest BCUT2D eigenvalue weighted by Gasteiger charge is -2.15. The molecule has 51 heavy (non-hydrogen) atoms. The number of furan rings is 1. The Morgan fingerprint density at radius 1 is 0.392 bits per heavy atom. The van der Waals surface area contributed by atoms with Crippen LogP contribution in [-0.4, -0.2) is 9.13 Å². The second-order valence-electron chi connectivity index (χ2n) is 11.4. The summed E-state index contributed by atoms with van der Waals surface area (Å²) in [5.41, 5.74) is -6.37. The van der Waals surface area contributed by atoms with Gasteiger partial charge in [-0.2, -0.15) is 0 Å². The van der Waals surface area contributed by atoms with Crippen molar-refractivity contribution in [1.29, 1.82) is 0 Å². The minimum atomic E-state index is -0.985. The van der Waals surface area contributed by atoms with Crippen molar-refractivity contribution in [3.63, 3.8) is 0 Å². The van der Waals surface area contributed by atoms with Crippen LogP contribution in [0.1, 0.15) is 34.3 Å². The minimum Gasteiger partial charge on any atom is -0.456 e. The lowest BCUT2D eigenvalue weighted by Crippen LogP contribution is -1.97. The lowest BCUT2D eigenvalue weighted by atomic mass is 9.99. The van der Waals surface area contributed by atoms with Crippen molar-refractivity contribution in [2.45, 2.75) is 0 Å². The SMILES string of the molecule is [2H]c1c([2H])c([2H])c(-c2c(-n3c4c([2H])c([2H])c([2H])c([2H])c4c4c([2H])c(-c5c([2H])c([2H])c6c(c5[2H])c5c([2H])c([2H])c([2H])c([2H])c5n6-c5ccccc5)c([2H])c([2H])c43)c([2H])c3oc4c([2H])c([2H])c([2H])c([2H])c4c3c2[2H])c([2H])c1[2H]. The molecule has 0 fully saturated rings. The van der Waals surface area contributed by atoms with Crippen molar-refractivity contribution in [3.05, 3.63) is 181 Å². The second kappa shape index (κ2) is 10.8. The minimum absolute atomic E-state index is 0.173. The summed E-state index contributed by atoms with van der Waals surface area (Å²) in [5, 5.41) is -2.68. The van der Waals surface area contributed by atoms with E-state index >= 15 is 0 Å². The summed E-state index contributed by atoms with van der Waals surface area (Å²) in [6, 6.07) is -12.7. The van der Waals surface area contributed by atoms with Gasteiger partial charge in [0.05, 0.1) is 62.0 Å². The molecule has 0 aliphatic heterocycles. The largest absolute Gasteiger partial charge is 0.456 e. The topological polar surface area (TPSA) is 23.0 Å². The van der Waals surface area contributed by atoms with Crippen molar-refractivity contribution in [3.8, 4) is 33.6 Å². The standard InChI is InChI=1S/C48H30N2O/c1-3-13-31(14-4-1)38-29-41-37-19-9-12-22-47(37)51-48(41)30-46(38)50-43-21-11-8-18-36(43)40-28-33(24-26-45(40)50)32-23-25-44-39(27-32)35-17-7-10-20-42(35)49(44)34-15-5-2-6-16-34/h1-30H/i1D,3D,4D,7D,8D,9D,10D,11D,12D,13D,14D,17D,18D,19D,20D,21D,22D,23D,24D,25D,26D,27D,28D,29D,30D. The summed E-state index contributed by atoms with van der Waals surface area (Å²) in [4.78, 5) is 0. The Hall–Kier alpha value is -6.84. The molecule has 0 amide bonds. The molecule has 11 rings (SSSR count). The van der Waals surface area contributed by atoms with E-state index in [-0.39, 0.29) is 27.5 Å². The first-order chi connectivity index (χ1) is 35.7. The molecule has 0 bridgehead atoms. The third-order valence-electron chi connectivity index (χ3n) is 8.61. The Balaban J connectivity index is 1.39. The zero-order valence-corrected chi connectivity index (χ0v) is 25.7. The molecular weight excluding hydrogens is 621 g/mol. The van der Waals surface area contributed by atoms with Crippen LogP contribution in [-0.2, 0) is 0 Å². The average Bonchev–Trinajstić information content (AvgIpc) is 4.23. The number of hydrogen-bond donors (Lipinski definition) is 0. The van der Waals surface area contributed by atoms with Gasteiger partial charge in [-0.15, -0.1) is 0 Å². The fraction of sp³-hybridized carbons (Fsp3) is 0. The smallest absolute Gasteiger partial charge is 0.137 e. The molecule has 0 aliphatic rings. The molecule has 0 saturated heterocycles. The van der Waals surface area contributed by atoms with Crippen LogP contribution in [0.25, 0.3) is 99.2 Å². The summed E-state index contributed by atoms with van der Waals surface area (Å²) in [5.74, 6) is 0. The van der Waals surface area contributed by atoms with Crippen molar-refractivity contribution >= 4 is 65.6 Å². The van der Waals surface area contributed by atoms with Gasteiger partial charge in [-0.05, 0) is 77.2 Å². The van der Waals surface area contributed by atoms with E-state index < -0.39 is 223 Å². The Morgan fingerprint density at radius 3 is 1.67 bits per heavy atom. The molecule has 8 aromatic carbocycles. The molecule has 3 heterocycles. The number of nitrogens with zero attached hydrogens (tertiary/aromatic N) is 2. The van der Waals surface area contributed by atoms with E-state index in [4.69, 9.17) is 25.0 Å². The van der Waals surface area contributed by atoms with Crippen LogP contribution < -0.4 is 0 Å². The zero-order chi connectivity index (χ0) is 55.2. The molecule has 0 N–H and O–H groups in total. The number of rotatable bonds is 4. The van der Waals surface area contributed by atoms with Crippen molar-refractivity contribution in [2.24, 2.45) is 0 Å². The van der Waals surface area contributed by atoms with E-state index in [9.17, 15) is 13.7 Å². The predicted molar refractivity (Wildman–Crippen MR) is 213 cm³/mol. The van der Waals surface area contributed by atoms with E-state index in [1.54, 1.807) is 30.3 Å². The number of benzene rings is 8. The zero-order valence-electron chi connectivity index (χ0n) is 50.7. The van der Waals surface area contributed by atoms with Crippen molar-refractivity contribution in [1.82, 2.24) is 9.13 Å². The Labute approximate surface area is 329 Å². The van der Waals surface area contributed by atoms with Gasteiger partial charge in [-0.3, -0.25) is 0 Å². The maximum Gasteiger partial charge on any atom is 0.137 e. The molecule has 3 heteroatoms. The van der Waals surface area contributed by atoms with Gasteiger partial charge >= 0.3 is 0 Å². The van der Waals surface area contributed by atoms with Crippen LogP contribution in [0.2, 0.25) is 0 Å². The average molecular weight is 676 g/mol. The first kappa shape index (κ1) is 13.1. The fourth-order valence-electron chi connectivity index (χ4n) is 6.44. The predicted octanol–water partition coefficient (Wildman–Crippen LogP) is 13.1. The molecule has 0 atom stereocenters. The second-order valence-corrected chi connectivity index (χ2v) is 11.4. The van der Waals surface area contributed by atoms with Crippen molar-refractivity contribution < 1.29 is 38.7 Å². The van der Waals surface area contributed by atoms with E-state index in [1.165, 1.54) is 4.57 Å². The number of aromatic nitrogens is 2. The maximum atomic E-state index is 10.00. The number of hydrogen-bond acceptors (Lipinski definition) is 1. The highest BCUT2D eigenvalue weighted by Crippen LogP contribution is 2.42. The molecule has 0 spiro atoms. The molecule has 11 aromatic rings. The Kier molecular flexibility index (Phi) is 2.79. The molecule has 238 valence electrons. The van der Waals surface area contributed by atoms with Gasteiger partial charge in [-0.1, -0.05) is 115 Å². The third kappa shape index (κ3) is 4.19. The summed E-state index contributed by atoms with van der Waals surface area (Å²) >= 11 is 0. The van der Waals surface area contributed by atoms with Gasteiger partial charge in [0.25, 0.3) is 0 Å². The summed E-state index contributed by atoms with van der Waals surface area (Å²) in [6.45, 7) is 0. The van der Waals surface area contributed by atoms with Crippen LogP contribution >= 0.6 is 0 Å². The Bertz CT molecular complexity index is 4550. The van der Waals surface area contributed by atoms with E-state index in [0.29, 0.717) is 0 Å².